The molecular formula is C13H14N2O2. The molecule has 4 heteroatoms. The number of terminal acetylenes is 1. The summed E-state index contributed by atoms with van der Waals surface area (Å²) in [7, 11) is 1.57. The molecule has 0 N–H and O–H groups in total. The minimum atomic E-state index is 0.00371. The van der Waals surface area contributed by atoms with E-state index < -0.39 is 0 Å². The van der Waals surface area contributed by atoms with Gasteiger partial charge >= 0.3 is 0 Å². The molecule has 88 valence electrons. The van der Waals surface area contributed by atoms with E-state index in [9.17, 15) is 4.79 Å². The summed E-state index contributed by atoms with van der Waals surface area (Å²) in [4.78, 5) is 17.6. The van der Waals surface area contributed by atoms with Gasteiger partial charge in [-0.15, -0.1) is 12.3 Å². The van der Waals surface area contributed by atoms with Crippen molar-refractivity contribution in [1.29, 1.82) is 0 Å². The third-order valence-electron chi connectivity index (χ3n) is 2.92. The van der Waals surface area contributed by atoms with Crippen LogP contribution in [0, 0.1) is 25.2 Å². The van der Waals surface area contributed by atoms with E-state index in [1.807, 2.05) is 13.0 Å². The van der Waals surface area contributed by atoms with E-state index in [1.165, 1.54) is 0 Å². The average Bonchev–Trinajstić information content (AvgIpc) is 2.70. The van der Waals surface area contributed by atoms with Gasteiger partial charge in [0.25, 0.3) is 0 Å². The number of hydrogen-bond donors (Lipinski definition) is 0. The molecule has 1 aromatic rings. The summed E-state index contributed by atoms with van der Waals surface area (Å²) in [5.74, 6) is 3.24. The molecule has 0 radical (unpaired) electrons. The molecular weight excluding hydrogens is 216 g/mol. The van der Waals surface area contributed by atoms with Crippen molar-refractivity contribution in [2.24, 2.45) is 5.92 Å². The maximum absolute atomic E-state index is 11.8. The molecule has 0 spiro atoms. The number of ether oxygens (including phenoxy) is 1. The quantitative estimate of drug-likeness (QED) is 0.721. The molecule has 1 atom stereocenters. The minimum absolute atomic E-state index is 0.00371. The highest BCUT2D eigenvalue weighted by molar-refractivity contribution is 5.96. The van der Waals surface area contributed by atoms with E-state index in [0.717, 1.165) is 11.3 Å². The number of amides is 1. The van der Waals surface area contributed by atoms with Gasteiger partial charge in [0.1, 0.15) is 0 Å². The zero-order valence-electron chi connectivity index (χ0n) is 9.93. The van der Waals surface area contributed by atoms with Crippen molar-refractivity contribution in [3.8, 4) is 18.2 Å². The van der Waals surface area contributed by atoms with Gasteiger partial charge in [-0.05, 0) is 12.5 Å². The van der Waals surface area contributed by atoms with Gasteiger partial charge in [0, 0.05) is 24.9 Å². The first-order chi connectivity index (χ1) is 8.15. The summed E-state index contributed by atoms with van der Waals surface area (Å²) >= 11 is 0. The van der Waals surface area contributed by atoms with Crippen LogP contribution in [0.25, 0.3) is 0 Å². The van der Waals surface area contributed by atoms with Crippen molar-refractivity contribution in [1.82, 2.24) is 4.98 Å². The van der Waals surface area contributed by atoms with Gasteiger partial charge in [-0.25, -0.2) is 4.98 Å². The number of carbonyl (C=O) groups is 1. The first kappa shape index (κ1) is 11.5. The van der Waals surface area contributed by atoms with Crippen LogP contribution < -0.4 is 9.64 Å². The lowest BCUT2D eigenvalue weighted by molar-refractivity contribution is -0.117. The van der Waals surface area contributed by atoms with Crippen LogP contribution in [0.1, 0.15) is 12.0 Å². The average molecular weight is 230 g/mol. The van der Waals surface area contributed by atoms with Crippen LogP contribution in [0.4, 0.5) is 5.69 Å². The fraction of sp³-hybridized carbons (Fsp3) is 0.385. The molecule has 2 rings (SSSR count). The van der Waals surface area contributed by atoms with Gasteiger partial charge in [0.15, 0.2) is 0 Å². The van der Waals surface area contributed by atoms with E-state index in [0.29, 0.717) is 18.8 Å². The normalized spacial score (nSPS) is 19.2. The number of methoxy groups -OCH3 is 1. The topological polar surface area (TPSA) is 42.4 Å². The molecule has 0 saturated carbocycles. The molecule has 1 unspecified atom stereocenters. The van der Waals surface area contributed by atoms with E-state index >= 15 is 0 Å². The van der Waals surface area contributed by atoms with Crippen molar-refractivity contribution in [2.45, 2.75) is 13.3 Å². The predicted molar refractivity (Wildman–Crippen MR) is 64.8 cm³/mol. The monoisotopic (exact) mass is 230 g/mol. The second kappa shape index (κ2) is 4.46. The standard InChI is InChI=1S/C13H14N2O2/c1-4-10-6-13(16)15(8-10)11-7-14-12(17-3)5-9(11)2/h1,5,7,10H,6,8H2,2-3H3. The molecule has 1 aliphatic rings. The third kappa shape index (κ3) is 2.09. The predicted octanol–water partition coefficient (Wildman–Crippen LogP) is 1.38. The van der Waals surface area contributed by atoms with Gasteiger partial charge in [-0.2, -0.15) is 0 Å². The lowest BCUT2D eigenvalue weighted by atomic mass is 10.1. The Morgan fingerprint density at radius 3 is 2.94 bits per heavy atom. The zero-order valence-corrected chi connectivity index (χ0v) is 9.93. The molecule has 17 heavy (non-hydrogen) atoms. The van der Waals surface area contributed by atoms with Crippen molar-refractivity contribution in [3.63, 3.8) is 0 Å². The Morgan fingerprint density at radius 2 is 2.41 bits per heavy atom. The Labute approximate surface area is 101 Å². The van der Waals surface area contributed by atoms with Gasteiger partial charge in [0.05, 0.1) is 19.0 Å². The number of anilines is 1. The number of nitrogens with zero attached hydrogens (tertiary/aromatic N) is 2. The second-order valence-electron chi connectivity index (χ2n) is 4.09. The fourth-order valence-corrected chi connectivity index (χ4v) is 1.97. The third-order valence-corrected chi connectivity index (χ3v) is 2.92. The van der Waals surface area contributed by atoms with Crippen LogP contribution >= 0.6 is 0 Å². The summed E-state index contributed by atoms with van der Waals surface area (Å²) < 4.78 is 5.03. The number of pyridine rings is 1. The Kier molecular flexibility index (Phi) is 3.01. The summed E-state index contributed by atoms with van der Waals surface area (Å²) in [5.41, 5.74) is 1.77. The summed E-state index contributed by atoms with van der Waals surface area (Å²) in [6.45, 7) is 2.50. The van der Waals surface area contributed by atoms with Gasteiger partial charge in [0.2, 0.25) is 11.8 Å². The largest absolute Gasteiger partial charge is 0.481 e. The lowest BCUT2D eigenvalue weighted by Crippen LogP contribution is -2.25. The Balaban J connectivity index is 2.29. The molecule has 1 saturated heterocycles. The van der Waals surface area contributed by atoms with Gasteiger partial charge in [-0.1, -0.05) is 0 Å². The van der Waals surface area contributed by atoms with E-state index in [2.05, 4.69) is 10.9 Å². The molecule has 2 heterocycles. The summed E-state index contributed by atoms with van der Waals surface area (Å²) in [6.07, 6.45) is 7.43. The summed E-state index contributed by atoms with van der Waals surface area (Å²) in [5, 5.41) is 0. The van der Waals surface area contributed by atoms with E-state index in [1.54, 1.807) is 18.2 Å². The van der Waals surface area contributed by atoms with E-state index in [-0.39, 0.29) is 11.8 Å². The molecule has 1 fully saturated rings. The zero-order chi connectivity index (χ0) is 12.4. The van der Waals surface area contributed by atoms with E-state index in [4.69, 9.17) is 11.2 Å². The van der Waals surface area contributed by atoms with Gasteiger partial charge in [-0.3, -0.25) is 4.79 Å². The highest BCUT2D eigenvalue weighted by Gasteiger charge is 2.30. The summed E-state index contributed by atoms with van der Waals surface area (Å²) in [6, 6.07) is 1.81. The first-order valence-corrected chi connectivity index (χ1v) is 5.43. The Bertz CT molecular complexity index is 491. The molecule has 4 nitrogen and oxygen atoms in total. The smallest absolute Gasteiger partial charge is 0.228 e. The molecule has 0 aromatic carbocycles. The Hall–Kier alpha value is -2.02. The SMILES string of the molecule is C#CC1CC(=O)N(c2cnc(OC)cc2C)C1. The highest BCUT2D eigenvalue weighted by Crippen LogP contribution is 2.28. The minimum Gasteiger partial charge on any atom is -0.481 e. The van der Waals surface area contributed by atoms with Crippen LogP contribution in [0.5, 0.6) is 5.88 Å². The van der Waals surface area contributed by atoms with Crippen LogP contribution in [0.2, 0.25) is 0 Å². The number of aromatic nitrogens is 1. The van der Waals surface area contributed by atoms with Crippen LogP contribution in [0.15, 0.2) is 12.3 Å². The van der Waals surface area contributed by atoms with Crippen LogP contribution in [-0.2, 0) is 4.79 Å². The van der Waals surface area contributed by atoms with Gasteiger partial charge < -0.3 is 9.64 Å². The van der Waals surface area contributed by atoms with Crippen molar-refractivity contribution in [2.75, 3.05) is 18.6 Å². The van der Waals surface area contributed by atoms with Crippen LogP contribution in [-0.4, -0.2) is 24.5 Å². The molecule has 1 aromatic heterocycles. The maximum Gasteiger partial charge on any atom is 0.228 e. The Morgan fingerprint density at radius 1 is 1.65 bits per heavy atom. The fourth-order valence-electron chi connectivity index (χ4n) is 1.97. The number of rotatable bonds is 2. The molecule has 0 bridgehead atoms. The molecule has 1 aliphatic heterocycles. The number of carbonyl (C=O) groups excluding carboxylic acids is 1. The molecule has 1 amide bonds. The van der Waals surface area contributed by atoms with Crippen molar-refractivity contribution >= 4 is 11.6 Å². The number of hydrogen-bond acceptors (Lipinski definition) is 3. The lowest BCUT2D eigenvalue weighted by Gasteiger charge is -2.18. The number of aryl methyl sites for hydroxylation is 1. The van der Waals surface area contributed by atoms with Crippen molar-refractivity contribution < 1.29 is 9.53 Å². The maximum atomic E-state index is 11.8. The molecule has 0 aliphatic carbocycles. The van der Waals surface area contributed by atoms with Crippen LogP contribution in [0.3, 0.4) is 0 Å². The first-order valence-electron chi connectivity index (χ1n) is 5.43. The highest BCUT2D eigenvalue weighted by atomic mass is 16.5. The second-order valence-corrected chi connectivity index (χ2v) is 4.09. The van der Waals surface area contributed by atoms with Crippen molar-refractivity contribution in [3.05, 3.63) is 17.8 Å².